The van der Waals surface area contributed by atoms with Crippen LogP contribution < -0.4 is 5.32 Å². The number of phenols is 1. The summed E-state index contributed by atoms with van der Waals surface area (Å²) >= 11 is 0. The number of carbonyl (C=O) groups excluding carboxylic acids is 4. The lowest BCUT2D eigenvalue weighted by Gasteiger charge is -2.41. The van der Waals surface area contributed by atoms with Gasteiger partial charge in [0.2, 0.25) is 0 Å². The summed E-state index contributed by atoms with van der Waals surface area (Å²) in [6.45, 7) is 6.48. The van der Waals surface area contributed by atoms with E-state index in [9.17, 15) is 24.3 Å². The molecule has 9 nitrogen and oxygen atoms in total. The predicted octanol–water partition coefficient (Wildman–Crippen LogP) is 2.72. The number of nitrogens with zero attached hydrogens (tertiary/aromatic N) is 3. The first-order chi connectivity index (χ1) is 19.2. The number of carbonyl (C=O) groups is 4. The molecule has 2 fully saturated rings. The molecule has 2 heterocycles. The van der Waals surface area contributed by atoms with E-state index in [2.05, 4.69) is 19.2 Å². The summed E-state index contributed by atoms with van der Waals surface area (Å²) in [7, 11) is 0. The van der Waals surface area contributed by atoms with E-state index in [4.69, 9.17) is 0 Å². The van der Waals surface area contributed by atoms with Gasteiger partial charge in [-0.15, -0.1) is 0 Å². The third-order valence-corrected chi connectivity index (χ3v) is 7.73. The number of rotatable bonds is 12. The minimum atomic E-state index is -0.573. The summed E-state index contributed by atoms with van der Waals surface area (Å²) in [6.07, 6.45) is 3.59. The zero-order valence-corrected chi connectivity index (χ0v) is 23.4. The zero-order valence-electron chi connectivity index (χ0n) is 23.4. The number of amides is 4. The minimum Gasteiger partial charge on any atom is -0.508 e. The van der Waals surface area contributed by atoms with Crippen LogP contribution in [0.2, 0.25) is 0 Å². The molecule has 214 valence electrons. The van der Waals surface area contributed by atoms with Crippen LogP contribution in [0.1, 0.15) is 50.7 Å². The highest BCUT2D eigenvalue weighted by molar-refractivity contribution is 6.36. The topological polar surface area (TPSA) is 110 Å². The van der Waals surface area contributed by atoms with Gasteiger partial charge in [-0.3, -0.25) is 19.2 Å². The maximum absolute atomic E-state index is 13.2. The molecule has 2 aliphatic rings. The smallest absolute Gasteiger partial charge is 0.312 e. The van der Waals surface area contributed by atoms with Gasteiger partial charge in [0.15, 0.2) is 0 Å². The molecule has 2 saturated heterocycles. The number of unbranched alkanes of at least 4 members (excludes halogenated alkanes) is 1. The second kappa shape index (κ2) is 13.5. The normalized spacial score (nSPS) is 19.9. The lowest BCUT2D eigenvalue weighted by atomic mass is 9.98. The molecule has 4 amide bonds. The SMILES string of the molecule is CC(C)C[C@H]1CN(CCCC[C@@H]2CNC(=O)C(=O)N2Cc2ccccc2)C(=O)C(=O)N1CCc1ccc(O)cc1. The number of aromatic hydroxyl groups is 1. The number of nitrogens with one attached hydrogen (secondary N) is 1. The Kier molecular flexibility index (Phi) is 9.79. The fraction of sp³-hybridized carbons (Fsp3) is 0.484. The van der Waals surface area contributed by atoms with Crippen LogP contribution in [0.3, 0.4) is 0 Å². The molecule has 0 bridgehead atoms. The monoisotopic (exact) mass is 548 g/mol. The first-order valence-electron chi connectivity index (χ1n) is 14.2. The fourth-order valence-corrected chi connectivity index (χ4v) is 5.61. The molecular weight excluding hydrogens is 508 g/mol. The first kappa shape index (κ1) is 29.1. The number of benzene rings is 2. The van der Waals surface area contributed by atoms with Gasteiger partial charge in [0.25, 0.3) is 0 Å². The van der Waals surface area contributed by atoms with Crippen molar-refractivity contribution < 1.29 is 24.3 Å². The summed E-state index contributed by atoms with van der Waals surface area (Å²) in [5.41, 5.74) is 1.97. The Morgan fingerprint density at radius 1 is 0.825 bits per heavy atom. The maximum atomic E-state index is 13.2. The van der Waals surface area contributed by atoms with E-state index >= 15 is 0 Å². The molecule has 2 N–H and O–H groups in total. The van der Waals surface area contributed by atoms with Crippen molar-refractivity contribution in [2.75, 3.05) is 26.2 Å². The molecule has 0 radical (unpaired) electrons. The van der Waals surface area contributed by atoms with Gasteiger partial charge < -0.3 is 25.1 Å². The molecular formula is C31H40N4O5. The minimum absolute atomic E-state index is 0.0464. The molecule has 2 aromatic rings. The van der Waals surface area contributed by atoms with E-state index in [1.165, 1.54) is 0 Å². The van der Waals surface area contributed by atoms with Gasteiger partial charge in [-0.05, 0) is 61.3 Å². The summed E-state index contributed by atoms with van der Waals surface area (Å²) in [5.74, 6) is -1.43. The molecule has 9 heteroatoms. The third-order valence-electron chi connectivity index (χ3n) is 7.73. The lowest BCUT2D eigenvalue weighted by molar-refractivity contribution is -0.159. The van der Waals surface area contributed by atoms with Crippen molar-refractivity contribution in [3.8, 4) is 5.75 Å². The molecule has 40 heavy (non-hydrogen) atoms. The Hall–Kier alpha value is -3.88. The highest BCUT2D eigenvalue weighted by Crippen LogP contribution is 2.22. The molecule has 4 rings (SSSR count). The molecule has 0 saturated carbocycles. The van der Waals surface area contributed by atoms with Crippen molar-refractivity contribution in [2.45, 2.75) is 64.6 Å². The van der Waals surface area contributed by atoms with Crippen molar-refractivity contribution in [1.82, 2.24) is 20.0 Å². The highest BCUT2D eigenvalue weighted by atomic mass is 16.3. The Labute approximate surface area is 236 Å². The number of hydrogen-bond acceptors (Lipinski definition) is 5. The summed E-state index contributed by atoms with van der Waals surface area (Å²) in [4.78, 5) is 55.9. The van der Waals surface area contributed by atoms with E-state index in [-0.39, 0.29) is 17.8 Å². The van der Waals surface area contributed by atoms with Gasteiger partial charge in [0, 0.05) is 38.8 Å². The van der Waals surface area contributed by atoms with Crippen LogP contribution in [0.15, 0.2) is 54.6 Å². The van der Waals surface area contributed by atoms with Crippen LogP contribution in [-0.2, 0) is 32.1 Å². The fourth-order valence-electron chi connectivity index (χ4n) is 5.61. The van der Waals surface area contributed by atoms with Crippen LogP contribution in [0.25, 0.3) is 0 Å². The Bertz CT molecular complexity index is 1180. The molecule has 2 aliphatic heterocycles. The van der Waals surface area contributed by atoms with E-state index in [1.54, 1.807) is 26.8 Å². The summed E-state index contributed by atoms with van der Waals surface area (Å²) in [6, 6.07) is 16.4. The summed E-state index contributed by atoms with van der Waals surface area (Å²) < 4.78 is 0. The quantitative estimate of drug-likeness (QED) is 0.313. The van der Waals surface area contributed by atoms with Crippen LogP contribution >= 0.6 is 0 Å². The maximum Gasteiger partial charge on any atom is 0.312 e. The zero-order chi connectivity index (χ0) is 28.6. The predicted molar refractivity (Wildman–Crippen MR) is 151 cm³/mol. The standard InChI is InChI=1S/C31H40N4O5/c1-22(2)18-26-21-33(30(39)31(40)34(26)17-15-23-11-13-27(36)14-12-23)16-7-6-10-25-19-32-28(37)29(38)35(25)20-24-8-4-3-5-9-24/h3-5,8-9,11-14,22,25-26,36H,6-7,10,15-21H2,1-2H3,(H,32,37)/t25-,26+/m1/s1. The molecule has 0 aliphatic carbocycles. The molecule has 2 aromatic carbocycles. The van der Waals surface area contributed by atoms with Crippen LogP contribution in [0, 0.1) is 5.92 Å². The number of piperazine rings is 2. The van der Waals surface area contributed by atoms with E-state index in [1.807, 2.05) is 42.5 Å². The van der Waals surface area contributed by atoms with Crippen LogP contribution in [0.4, 0.5) is 0 Å². The van der Waals surface area contributed by atoms with Gasteiger partial charge in [0.05, 0.1) is 6.04 Å². The van der Waals surface area contributed by atoms with Gasteiger partial charge in [-0.1, -0.05) is 56.3 Å². The van der Waals surface area contributed by atoms with Crippen molar-refractivity contribution in [3.63, 3.8) is 0 Å². The largest absolute Gasteiger partial charge is 0.508 e. The number of phenolic OH excluding ortho intramolecular Hbond substituents is 1. The molecule has 2 atom stereocenters. The molecule has 0 unspecified atom stereocenters. The van der Waals surface area contributed by atoms with Crippen molar-refractivity contribution in [3.05, 3.63) is 65.7 Å². The van der Waals surface area contributed by atoms with E-state index in [0.717, 1.165) is 24.0 Å². The average molecular weight is 549 g/mol. The van der Waals surface area contributed by atoms with Crippen molar-refractivity contribution in [1.29, 1.82) is 0 Å². The first-order valence-corrected chi connectivity index (χ1v) is 14.2. The lowest BCUT2D eigenvalue weighted by Crippen LogP contribution is -2.60. The second-order valence-electron chi connectivity index (χ2n) is 11.2. The van der Waals surface area contributed by atoms with Crippen LogP contribution in [0.5, 0.6) is 5.75 Å². The van der Waals surface area contributed by atoms with Crippen molar-refractivity contribution in [2.24, 2.45) is 5.92 Å². The second-order valence-corrected chi connectivity index (χ2v) is 11.2. The van der Waals surface area contributed by atoms with Crippen molar-refractivity contribution >= 4 is 23.6 Å². The summed E-state index contributed by atoms with van der Waals surface area (Å²) in [5, 5.41) is 12.2. The van der Waals surface area contributed by atoms with Gasteiger partial charge >= 0.3 is 23.6 Å². The van der Waals surface area contributed by atoms with Crippen LogP contribution in [-0.4, -0.2) is 81.7 Å². The van der Waals surface area contributed by atoms with E-state index in [0.29, 0.717) is 57.9 Å². The highest BCUT2D eigenvalue weighted by Gasteiger charge is 2.39. The Morgan fingerprint density at radius 2 is 1.55 bits per heavy atom. The molecule has 0 spiro atoms. The third kappa shape index (κ3) is 7.40. The van der Waals surface area contributed by atoms with E-state index < -0.39 is 23.6 Å². The van der Waals surface area contributed by atoms with Gasteiger partial charge in [-0.25, -0.2) is 0 Å². The Balaban J connectivity index is 1.32. The van der Waals surface area contributed by atoms with Gasteiger partial charge in [0.1, 0.15) is 5.75 Å². The molecule has 0 aromatic heterocycles. The number of hydrogen-bond donors (Lipinski definition) is 2. The van der Waals surface area contributed by atoms with Gasteiger partial charge in [-0.2, -0.15) is 0 Å². The average Bonchev–Trinajstić information content (AvgIpc) is 2.94. The Morgan fingerprint density at radius 3 is 2.25 bits per heavy atom.